The number of carbonyl (C=O) groups excluding carboxylic acids is 2. The van der Waals surface area contributed by atoms with Gasteiger partial charge in [-0.15, -0.1) is 0 Å². The highest BCUT2D eigenvalue weighted by molar-refractivity contribution is 7.71. The fourth-order valence-corrected chi connectivity index (χ4v) is 2.75. The van der Waals surface area contributed by atoms with Crippen LogP contribution in [-0.2, 0) is 16.0 Å². The molecule has 7 nitrogen and oxygen atoms in total. The molecule has 0 atom stereocenters. The predicted molar refractivity (Wildman–Crippen MR) is 99.7 cm³/mol. The summed E-state index contributed by atoms with van der Waals surface area (Å²) in [6, 6.07) is 4.78. The van der Waals surface area contributed by atoms with Crippen LogP contribution in [0.25, 0.3) is 0 Å². The topological polar surface area (TPSA) is 107 Å². The number of aromatic amines is 2. The summed E-state index contributed by atoms with van der Waals surface area (Å²) in [5.41, 5.74) is 1.81. The lowest BCUT2D eigenvalue weighted by molar-refractivity contribution is -0.116. The van der Waals surface area contributed by atoms with E-state index in [1.807, 2.05) is 0 Å². The molecule has 25 heavy (non-hydrogen) atoms. The maximum Gasteiger partial charge on any atom is 0.255 e. The van der Waals surface area contributed by atoms with Gasteiger partial charge in [0, 0.05) is 30.3 Å². The van der Waals surface area contributed by atoms with Crippen LogP contribution in [0.3, 0.4) is 0 Å². The number of benzene rings is 1. The quantitative estimate of drug-likeness (QED) is 0.598. The Morgan fingerprint density at radius 3 is 2.56 bits per heavy atom. The van der Waals surface area contributed by atoms with Crippen molar-refractivity contribution in [2.75, 3.05) is 10.6 Å². The third kappa shape index (κ3) is 5.27. The Bertz CT molecular complexity index is 936. The van der Waals surface area contributed by atoms with Crippen LogP contribution in [0.4, 0.5) is 11.4 Å². The van der Waals surface area contributed by atoms with Crippen molar-refractivity contribution in [3.8, 4) is 0 Å². The fourth-order valence-electron chi connectivity index (χ4n) is 2.27. The van der Waals surface area contributed by atoms with Crippen molar-refractivity contribution >= 4 is 47.0 Å². The first-order chi connectivity index (χ1) is 11.8. The predicted octanol–water partition coefficient (Wildman–Crippen LogP) is 2.92. The minimum atomic E-state index is -0.295. The van der Waals surface area contributed by atoms with E-state index in [-0.39, 0.29) is 35.0 Å². The van der Waals surface area contributed by atoms with E-state index in [2.05, 4.69) is 20.6 Å². The molecule has 1 aromatic heterocycles. The number of hydrogen-bond donors (Lipinski definition) is 4. The van der Waals surface area contributed by atoms with Gasteiger partial charge in [0.05, 0.1) is 10.7 Å². The third-order valence-corrected chi connectivity index (χ3v) is 3.94. The molecule has 0 saturated carbocycles. The molecule has 0 saturated heterocycles. The lowest BCUT2D eigenvalue weighted by Gasteiger charge is -2.09. The van der Waals surface area contributed by atoms with Gasteiger partial charge in [-0.2, -0.15) is 0 Å². The van der Waals surface area contributed by atoms with Crippen molar-refractivity contribution in [3.05, 3.63) is 49.6 Å². The first-order valence-electron chi connectivity index (χ1n) is 7.45. The molecule has 9 heteroatoms. The highest BCUT2D eigenvalue weighted by Gasteiger charge is 2.10. The van der Waals surface area contributed by atoms with Gasteiger partial charge in [0.2, 0.25) is 11.8 Å². The number of hydrogen-bond acceptors (Lipinski definition) is 4. The molecule has 2 rings (SSSR count). The molecular weight excluding hydrogens is 364 g/mol. The summed E-state index contributed by atoms with van der Waals surface area (Å²) >= 11 is 10.9. The molecule has 4 N–H and O–H groups in total. The Balaban J connectivity index is 2.01. The summed E-state index contributed by atoms with van der Waals surface area (Å²) in [4.78, 5) is 40.4. The summed E-state index contributed by atoms with van der Waals surface area (Å²) in [5, 5.41) is 5.60. The zero-order chi connectivity index (χ0) is 18.6. The van der Waals surface area contributed by atoms with Gasteiger partial charge < -0.3 is 15.6 Å². The molecule has 0 aliphatic heterocycles. The van der Waals surface area contributed by atoms with Crippen LogP contribution in [-0.4, -0.2) is 21.8 Å². The van der Waals surface area contributed by atoms with Crippen LogP contribution >= 0.6 is 23.8 Å². The molecule has 0 spiro atoms. The molecule has 0 fully saturated rings. The summed E-state index contributed by atoms with van der Waals surface area (Å²) in [6.45, 7) is 3.12. The minimum absolute atomic E-state index is 0.125. The van der Waals surface area contributed by atoms with Gasteiger partial charge in [-0.05, 0) is 43.8 Å². The molecule has 1 aromatic carbocycles. The summed E-state index contributed by atoms with van der Waals surface area (Å²) < 4.78 is 0.254. The monoisotopic (exact) mass is 380 g/mol. The molecule has 2 aromatic rings. The zero-order valence-corrected chi connectivity index (χ0v) is 15.2. The number of carbonyl (C=O) groups is 2. The molecule has 0 radical (unpaired) electrons. The normalized spacial score (nSPS) is 10.4. The average Bonchev–Trinajstić information content (AvgIpc) is 2.48. The lowest BCUT2D eigenvalue weighted by Crippen LogP contribution is -2.19. The van der Waals surface area contributed by atoms with Crippen LogP contribution in [0, 0.1) is 11.7 Å². The second-order valence-electron chi connectivity index (χ2n) is 5.44. The molecular formula is C16H17ClN4O3S. The number of H-pyrrole nitrogens is 2. The standard InChI is InChI=1S/C16H17ClN4O3S/c1-8-11(15(24)21-16(25)18-8)4-6-14(23)20-10-3-5-13(12(17)7-10)19-9(2)22/h3,5,7H,4,6H2,1-2H3,(H,19,22)(H,20,23)(H2,18,21,24,25). The van der Waals surface area contributed by atoms with Crippen molar-refractivity contribution < 1.29 is 9.59 Å². The maximum atomic E-state index is 12.1. The van der Waals surface area contributed by atoms with E-state index in [0.717, 1.165) is 0 Å². The Hall–Kier alpha value is -2.45. The van der Waals surface area contributed by atoms with Gasteiger partial charge in [-0.25, -0.2) is 0 Å². The second-order valence-corrected chi connectivity index (χ2v) is 6.25. The van der Waals surface area contributed by atoms with E-state index in [9.17, 15) is 14.4 Å². The van der Waals surface area contributed by atoms with Gasteiger partial charge in [0.25, 0.3) is 5.56 Å². The zero-order valence-electron chi connectivity index (χ0n) is 13.7. The Labute approximate surface area is 153 Å². The number of aromatic nitrogens is 2. The largest absolute Gasteiger partial charge is 0.336 e. The summed E-state index contributed by atoms with van der Waals surface area (Å²) in [7, 11) is 0. The highest BCUT2D eigenvalue weighted by Crippen LogP contribution is 2.25. The SMILES string of the molecule is CC(=O)Nc1ccc(NC(=O)CCc2c(C)[nH]c(=S)[nH]c2=O)cc1Cl. The van der Waals surface area contributed by atoms with Crippen LogP contribution in [0.15, 0.2) is 23.0 Å². The van der Waals surface area contributed by atoms with Crippen molar-refractivity contribution in [2.24, 2.45) is 0 Å². The van der Waals surface area contributed by atoms with E-state index < -0.39 is 0 Å². The first-order valence-corrected chi connectivity index (χ1v) is 8.24. The van der Waals surface area contributed by atoms with E-state index >= 15 is 0 Å². The summed E-state index contributed by atoms with van der Waals surface area (Å²) in [6.07, 6.45) is 0.399. The second kappa shape index (κ2) is 8.09. The smallest absolute Gasteiger partial charge is 0.255 e. The van der Waals surface area contributed by atoms with Crippen LogP contribution in [0.5, 0.6) is 0 Å². The Kier molecular flexibility index (Phi) is 6.11. The third-order valence-electron chi connectivity index (χ3n) is 3.42. The van der Waals surface area contributed by atoms with Crippen molar-refractivity contribution in [1.82, 2.24) is 9.97 Å². The number of aryl methyl sites for hydroxylation is 1. The minimum Gasteiger partial charge on any atom is -0.336 e. The lowest BCUT2D eigenvalue weighted by atomic mass is 10.1. The molecule has 0 aliphatic carbocycles. The molecule has 0 bridgehead atoms. The van der Waals surface area contributed by atoms with E-state index in [1.165, 1.54) is 6.92 Å². The maximum absolute atomic E-state index is 12.1. The van der Waals surface area contributed by atoms with Crippen molar-refractivity contribution in [3.63, 3.8) is 0 Å². The van der Waals surface area contributed by atoms with E-state index in [1.54, 1.807) is 25.1 Å². The number of anilines is 2. The molecule has 0 aliphatic rings. The van der Waals surface area contributed by atoms with Gasteiger partial charge in [0.15, 0.2) is 4.77 Å². The van der Waals surface area contributed by atoms with Crippen LogP contribution in [0.2, 0.25) is 5.02 Å². The van der Waals surface area contributed by atoms with Gasteiger partial charge in [0.1, 0.15) is 0 Å². The highest BCUT2D eigenvalue weighted by atomic mass is 35.5. The molecule has 132 valence electrons. The van der Waals surface area contributed by atoms with Gasteiger partial charge >= 0.3 is 0 Å². The number of nitrogens with one attached hydrogen (secondary N) is 4. The van der Waals surface area contributed by atoms with Crippen LogP contribution in [0.1, 0.15) is 24.6 Å². The van der Waals surface area contributed by atoms with Crippen LogP contribution < -0.4 is 16.2 Å². The summed E-state index contributed by atoms with van der Waals surface area (Å²) in [5.74, 6) is -0.495. The van der Waals surface area contributed by atoms with Crippen molar-refractivity contribution in [1.29, 1.82) is 0 Å². The van der Waals surface area contributed by atoms with E-state index in [4.69, 9.17) is 23.8 Å². The van der Waals surface area contributed by atoms with Crippen molar-refractivity contribution in [2.45, 2.75) is 26.7 Å². The average molecular weight is 381 g/mol. The molecule has 2 amide bonds. The van der Waals surface area contributed by atoms with E-state index in [0.29, 0.717) is 27.7 Å². The molecule has 1 heterocycles. The van der Waals surface area contributed by atoms with Gasteiger partial charge in [-0.3, -0.25) is 19.4 Å². The Morgan fingerprint density at radius 1 is 1.24 bits per heavy atom. The number of halogens is 1. The number of amides is 2. The van der Waals surface area contributed by atoms with Gasteiger partial charge in [-0.1, -0.05) is 11.6 Å². The first kappa shape index (κ1) is 18.9. The Morgan fingerprint density at radius 2 is 1.96 bits per heavy atom. The molecule has 0 unspecified atom stereocenters. The number of rotatable bonds is 5. The fraction of sp³-hybridized carbons (Fsp3) is 0.250.